The van der Waals surface area contributed by atoms with Gasteiger partial charge in [0.2, 0.25) is 17.7 Å². The predicted octanol–water partition coefficient (Wildman–Crippen LogP) is -0.926. The Labute approximate surface area is 136 Å². The molecule has 8 heteroatoms. The fourth-order valence-corrected chi connectivity index (χ4v) is 2.00. The average Bonchev–Trinajstić information content (AvgIpc) is 2.42. The van der Waals surface area contributed by atoms with E-state index in [2.05, 4.69) is 16.0 Å². The average molecular weight is 328 g/mol. The molecule has 0 spiro atoms. The number of carbonyl (C=O) groups excluding carboxylic acids is 4. The summed E-state index contributed by atoms with van der Waals surface area (Å²) < 4.78 is 0. The molecule has 0 aliphatic heterocycles. The van der Waals surface area contributed by atoms with E-state index in [0.717, 1.165) is 0 Å². The first-order chi connectivity index (χ1) is 10.6. The lowest BCUT2D eigenvalue weighted by Crippen LogP contribution is -2.54. The van der Waals surface area contributed by atoms with Gasteiger partial charge >= 0.3 is 0 Å². The molecule has 0 aromatic heterocycles. The van der Waals surface area contributed by atoms with E-state index >= 15 is 0 Å². The number of ketones is 1. The first-order valence-corrected chi connectivity index (χ1v) is 7.65. The Morgan fingerprint density at radius 2 is 1.52 bits per heavy atom. The van der Waals surface area contributed by atoms with Crippen molar-refractivity contribution in [3.63, 3.8) is 0 Å². The molecule has 3 atom stereocenters. The number of hydrogen-bond donors (Lipinski definition) is 4. The summed E-state index contributed by atoms with van der Waals surface area (Å²) in [4.78, 5) is 46.5. The number of nitrogens with two attached hydrogens (primary N) is 1. The molecule has 0 saturated carbocycles. The van der Waals surface area contributed by atoms with E-state index in [4.69, 9.17) is 5.73 Å². The minimum absolute atomic E-state index is 0.270. The van der Waals surface area contributed by atoms with Gasteiger partial charge in [-0.1, -0.05) is 13.8 Å². The van der Waals surface area contributed by atoms with Crippen molar-refractivity contribution in [2.75, 3.05) is 7.05 Å². The van der Waals surface area contributed by atoms with Crippen LogP contribution in [0.3, 0.4) is 0 Å². The van der Waals surface area contributed by atoms with Gasteiger partial charge in [0.05, 0.1) is 18.5 Å². The Balaban J connectivity index is 4.66. The van der Waals surface area contributed by atoms with Gasteiger partial charge in [0, 0.05) is 0 Å². The third kappa shape index (κ3) is 8.29. The normalized spacial score (nSPS) is 14.7. The molecule has 0 aromatic carbocycles. The third-order valence-corrected chi connectivity index (χ3v) is 3.34. The molecule has 0 bridgehead atoms. The number of carbonyl (C=O) groups is 4. The molecule has 132 valence electrons. The second kappa shape index (κ2) is 9.94. The Bertz CT molecular complexity index is 451. The summed E-state index contributed by atoms with van der Waals surface area (Å²) in [5, 5.41) is 7.92. The van der Waals surface area contributed by atoms with Gasteiger partial charge in [0.25, 0.3) is 0 Å². The fourth-order valence-electron chi connectivity index (χ4n) is 2.00. The molecular formula is C15H28N4O4. The summed E-state index contributed by atoms with van der Waals surface area (Å²) in [5.41, 5.74) is 5.05. The van der Waals surface area contributed by atoms with Crippen molar-refractivity contribution in [3.8, 4) is 0 Å². The van der Waals surface area contributed by atoms with Crippen molar-refractivity contribution in [2.24, 2.45) is 11.7 Å². The molecule has 0 aliphatic rings. The van der Waals surface area contributed by atoms with Crippen LogP contribution in [0.4, 0.5) is 0 Å². The summed E-state index contributed by atoms with van der Waals surface area (Å²) in [7, 11) is 1.68. The van der Waals surface area contributed by atoms with E-state index in [1.165, 1.54) is 13.8 Å². The van der Waals surface area contributed by atoms with E-state index in [0.29, 0.717) is 12.3 Å². The van der Waals surface area contributed by atoms with Crippen LogP contribution in [0.5, 0.6) is 0 Å². The van der Waals surface area contributed by atoms with Gasteiger partial charge in [-0.15, -0.1) is 0 Å². The maximum absolute atomic E-state index is 12.1. The van der Waals surface area contributed by atoms with Crippen molar-refractivity contribution in [3.05, 3.63) is 0 Å². The maximum Gasteiger partial charge on any atom is 0.242 e. The van der Waals surface area contributed by atoms with Crippen LogP contribution in [-0.2, 0) is 19.2 Å². The topological polar surface area (TPSA) is 130 Å². The SMILES string of the molecule is CN[C@H](CC(C)C)C(=O)NC(C)C(=O)N[C@@H](CC(N)=O)C(C)=O. The summed E-state index contributed by atoms with van der Waals surface area (Å²) in [6, 6.07) is -2.21. The van der Waals surface area contributed by atoms with Crippen LogP contribution in [0, 0.1) is 5.92 Å². The lowest BCUT2D eigenvalue weighted by atomic mass is 10.0. The monoisotopic (exact) mass is 328 g/mol. The molecule has 5 N–H and O–H groups in total. The van der Waals surface area contributed by atoms with E-state index < -0.39 is 29.9 Å². The molecule has 0 aliphatic carbocycles. The minimum atomic E-state index is -0.977. The summed E-state index contributed by atoms with van der Waals surface area (Å²) in [5.74, 6) is -1.57. The second-order valence-electron chi connectivity index (χ2n) is 6.04. The molecule has 0 saturated heterocycles. The fraction of sp³-hybridized carbons (Fsp3) is 0.733. The van der Waals surface area contributed by atoms with Crippen molar-refractivity contribution < 1.29 is 19.2 Å². The van der Waals surface area contributed by atoms with E-state index in [9.17, 15) is 19.2 Å². The largest absolute Gasteiger partial charge is 0.370 e. The van der Waals surface area contributed by atoms with E-state index in [-0.39, 0.29) is 18.1 Å². The lowest BCUT2D eigenvalue weighted by molar-refractivity contribution is -0.132. The van der Waals surface area contributed by atoms with E-state index in [1.54, 1.807) is 7.05 Å². The van der Waals surface area contributed by atoms with Crippen LogP contribution in [0.15, 0.2) is 0 Å². The first kappa shape index (κ1) is 21.0. The van der Waals surface area contributed by atoms with Crippen molar-refractivity contribution in [1.29, 1.82) is 0 Å². The number of likely N-dealkylation sites (N-methyl/N-ethyl adjacent to an activating group) is 1. The number of Topliss-reactive ketones (excluding diaryl/α,β-unsaturated/α-hetero) is 1. The number of primary amides is 1. The van der Waals surface area contributed by atoms with Gasteiger partial charge in [0.1, 0.15) is 6.04 Å². The van der Waals surface area contributed by atoms with Crippen molar-refractivity contribution >= 4 is 23.5 Å². The van der Waals surface area contributed by atoms with Crippen LogP contribution < -0.4 is 21.7 Å². The quantitative estimate of drug-likeness (QED) is 0.412. The molecule has 23 heavy (non-hydrogen) atoms. The molecule has 1 unspecified atom stereocenters. The number of nitrogens with one attached hydrogen (secondary N) is 3. The van der Waals surface area contributed by atoms with Crippen LogP contribution in [0.2, 0.25) is 0 Å². The van der Waals surface area contributed by atoms with E-state index in [1.807, 2.05) is 13.8 Å². The van der Waals surface area contributed by atoms with Gasteiger partial charge in [-0.2, -0.15) is 0 Å². The van der Waals surface area contributed by atoms with Gasteiger partial charge in [-0.3, -0.25) is 19.2 Å². The second-order valence-corrected chi connectivity index (χ2v) is 6.04. The molecule has 3 amide bonds. The Morgan fingerprint density at radius 3 is 1.91 bits per heavy atom. The maximum atomic E-state index is 12.1. The zero-order valence-corrected chi connectivity index (χ0v) is 14.4. The Kier molecular flexibility index (Phi) is 9.09. The number of rotatable bonds is 10. The minimum Gasteiger partial charge on any atom is -0.370 e. The van der Waals surface area contributed by atoms with Gasteiger partial charge in [-0.25, -0.2) is 0 Å². The molecule has 0 radical (unpaired) electrons. The van der Waals surface area contributed by atoms with Crippen LogP contribution >= 0.6 is 0 Å². The highest BCUT2D eigenvalue weighted by atomic mass is 16.2. The van der Waals surface area contributed by atoms with Crippen molar-refractivity contribution in [2.45, 2.75) is 58.7 Å². The zero-order chi connectivity index (χ0) is 18.2. The highest BCUT2D eigenvalue weighted by molar-refractivity contribution is 5.94. The standard InChI is InChI=1S/C15H28N4O4/c1-8(2)6-12(17-5)15(23)18-9(3)14(22)19-11(10(4)20)7-13(16)21/h8-9,11-12,17H,6-7H2,1-5H3,(H2,16,21)(H,18,23)(H,19,22)/t9?,11-,12+/m0/s1. The molecule has 0 rings (SSSR count). The lowest BCUT2D eigenvalue weighted by Gasteiger charge is -2.22. The summed E-state index contributed by atoms with van der Waals surface area (Å²) >= 11 is 0. The molecule has 8 nitrogen and oxygen atoms in total. The molecule has 0 heterocycles. The molecule has 0 fully saturated rings. The number of amides is 3. The number of hydrogen-bond acceptors (Lipinski definition) is 5. The van der Waals surface area contributed by atoms with Crippen LogP contribution in [-0.4, -0.2) is 48.7 Å². The van der Waals surface area contributed by atoms with Gasteiger partial charge < -0.3 is 21.7 Å². The summed E-state index contributed by atoms with van der Waals surface area (Å²) in [6.07, 6.45) is 0.364. The van der Waals surface area contributed by atoms with Gasteiger partial charge in [-0.05, 0) is 33.2 Å². The molecule has 0 aromatic rings. The zero-order valence-electron chi connectivity index (χ0n) is 14.4. The van der Waals surface area contributed by atoms with Crippen LogP contribution in [0.1, 0.15) is 40.5 Å². The third-order valence-electron chi connectivity index (χ3n) is 3.34. The van der Waals surface area contributed by atoms with Crippen molar-refractivity contribution in [1.82, 2.24) is 16.0 Å². The smallest absolute Gasteiger partial charge is 0.242 e. The predicted molar refractivity (Wildman–Crippen MR) is 86.3 cm³/mol. The highest BCUT2D eigenvalue weighted by Crippen LogP contribution is 2.05. The Hall–Kier alpha value is -1.96. The Morgan fingerprint density at radius 1 is 0.957 bits per heavy atom. The first-order valence-electron chi connectivity index (χ1n) is 7.65. The highest BCUT2D eigenvalue weighted by Gasteiger charge is 2.25. The summed E-state index contributed by atoms with van der Waals surface area (Å²) in [6.45, 7) is 6.76. The van der Waals surface area contributed by atoms with Crippen LogP contribution in [0.25, 0.3) is 0 Å². The molecular weight excluding hydrogens is 300 g/mol. The van der Waals surface area contributed by atoms with Gasteiger partial charge in [0.15, 0.2) is 5.78 Å².